The number of carbonyl (C=O) groups is 1. The molecule has 3 rings (SSSR count). The van der Waals surface area contributed by atoms with Gasteiger partial charge in [0.05, 0.1) is 24.6 Å². The average molecular weight is 344 g/mol. The van der Waals surface area contributed by atoms with Gasteiger partial charge in [0.2, 0.25) is 5.89 Å². The minimum atomic E-state index is -0.475. The third-order valence-corrected chi connectivity index (χ3v) is 4.46. The molecule has 25 heavy (non-hydrogen) atoms. The van der Waals surface area contributed by atoms with E-state index in [0.29, 0.717) is 18.1 Å². The lowest BCUT2D eigenvalue weighted by Gasteiger charge is -2.28. The maximum atomic E-state index is 12.1. The molecule has 3 unspecified atom stereocenters. The number of rotatable bonds is 5. The second kappa shape index (κ2) is 8.11. The number of benzene rings is 1. The Balaban J connectivity index is 1.52. The van der Waals surface area contributed by atoms with Crippen LogP contribution in [0.3, 0.4) is 0 Å². The van der Waals surface area contributed by atoms with Gasteiger partial charge in [0.25, 0.3) is 0 Å². The molecule has 3 N–H and O–H groups in total. The van der Waals surface area contributed by atoms with Crippen molar-refractivity contribution >= 4 is 6.03 Å². The first kappa shape index (κ1) is 17.4. The molecular formula is C18H24N4O3. The molecule has 2 amide bonds. The molecule has 0 spiro atoms. The van der Waals surface area contributed by atoms with Crippen LogP contribution < -0.4 is 10.6 Å². The van der Waals surface area contributed by atoms with E-state index in [0.717, 1.165) is 31.2 Å². The van der Waals surface area contributed by atoms with Gasteiger partial charge in [0.15, 0.2) is 5.82 Å². The standard InChI is InChI=1S/C18H24N4O3/c1-12(19-18(24)20-14-9-5-6-10-15(14)23)17-21-16(25-22-17)11-13-7-3-2-4-8-13/h2-4,7-8,12,14-15,23H,5-6,9-11H2,1H3,(H2,19,20,24). The van der Waals surface area contributed by atoms with Crippen molar-refractivity contribution in [2.75, 3.05) is 0 Å². The van der Waals surface area contributed by atoms with E-state index in [2.05, 4.69) is 20.8 Å². The fraction of sp³-hybridized carbons (Fsp3) is 0.500. The molecule has 1 heterocycles. The minimum Gasteiger partial charge on any atom is -0.391 e. The number of urea groups is 1. The molecular weight excluding hydrogens is 320 g/mol. The molecule has 0 bridgehead atoms. The van der Waals surface area contributed by atoms with Crippen LogP contribution in [0.25, 0.3) is 0 Å². The van der Waals surface area contributed by atoms with Gasteiger partial charge >= 0.3 is 6.03 Å². The van der Waals surface area contributed by atoms with Crippen LogP contribution in [-0.4, -0.2) is 33.4 Å². The van der Waals surface area contributed by atoms with Crippen LogP contribution >= 0.6 is 0 Å². The molecule has 2 aromatic rings. The number of aliphatic hydroxyl groups is 1. The highest BCUT2D eigenvalue weighted by Crippen LogP contribution is 2.18. The summed E-state index contributed by atoms with van der Waals surface area (Å²) in [5, 5.41) is 19.5. The number of nitrogens with zero attached hydrogens (tertiary/aromatic N) is 2. The highest BCUT2D eigenvalue weighted by atomic mass is 16.5. The lowest BCUT2D eigenvalue weighted by molar-refractivity contribution is 0.0940. The van der Waals surface area contributed by atoms with Gasteiger partial charge in [-0.2, -0.15) is 4.98 Å². The van der Waals surface area contributed by atoms with Crippen LogP contribution in [0.2, 0.25) is 0 Å². The van der Waals surface area contributed by atoms with E-state index in [9.17, 15) is 9.90 Å². The van der Waals surface area contributed by atoms with E-state index in [1.165, 1.54) is 0 Å². The summed E-state index contributed by atoms with van der Waals surface area (Å²) >= 11 is 0. The molecule has 1 aliphatic rings. The first-order valence-electron chi connectivity index (χ1n) is 8.73. The molecule has 3 atom stereocenters. The Hall–Kier alpha value is -2.41. The lowest BCUT2D eigenvalue weighted by atomic mass is 9.93. The monoisotopic (exact) mass is 344 g/mol. The average Bonchev–Trinajstić information content (AvgIpc) is 3.06. The van der Waals surface area contributed by atoms with Gasteiger partial charge in [-0.3, -0.25) is 0 Å². The van der Waals surface area contributed by atoms with Crippen LogP contribution in [0.5, 0.6) is 0 Å². The molecule has 1 aliphatic carbocycles. The molecule has 7 nitrogen and oxygen atoms in total. The van der Waals surface area contributed by atoms with Gasteiger partial charge in [0, 0.05) is 0 Å². The number of amides is 2. The number of carbonyl (C=O) groups excluding carboxylic acids is 1. The summed E-state index contributed by atoms with van der Waals surface area (Å²) in [4.78, 5) is 16.5. The number of aromatic nitrogens is 2. The summed E-state index contributed by atoms with van der Waals surface area (Å²) in [6, 6.07) is 8.96. The van der Waals surface area contributed by atoms with E-state index in [-0.39, 0.29) is 18.1 Å². The topological polar surface area (TPSA) is 100 Å². The highest BCUT2D eigenvalue weighted by molar-refractivity contribution is 5.74. The molecule has 1 saturated carbocycles. The Labute approximate surface area is 146 Å². The molecule has 0 saturated heterocycles. The Morgan fingerprint density at radius 1 is 1.32 bits per heavy atom. The Bertz CT molecular complexity index is 689. The van der Waals surface area contributed by atoms with Gasteiger partial charge in [-0.25, -0.2) is 4.79 Å². The third kappa shape index (κ3) is 4.79. The largest absolute Gasteiger partial charge is 0.391 e. The minimum absolute atomic E-state index is 0.195. The van der Waals surface area contributed by atoms with Crippen molar-refractivity contribution in [1.29, 1.82) is 0 Å². The number of hydrogen-bond donors (Lipinski definition) is 3. The maximum Gasteiger partial charge on any atom is 0.315 e. The first-order chi connectivity index (χ1) is 12.1. The fourth-order valence-electron chi connectivity index (χ4n) is 3.04. The van der Waals surface area contributed by atoms with Gasteiger partial charge < -0.3 is 20.3 Å². The van der Waals surface area contributed by atoms with Crippen LogP contribution in [0.1, 0.15) is 55.9 Å². The molecule has 134 valence electrons. The van der Waals surface area contributed by atoms with Crippen molar-refractivity contribution in [2.24, 2.45) is 0 Å². The Morgan fingerprint density at radius 3 is 2.84 bits per heavy atom. The summed E-state index contributed by atoms with van der Waals surface area (Å²) in [7, 11) is 0. The SMILES string of the molecule is CC(NC(=O)NC1CCCCC1O)c1noc(Cc2ccccc2)n1. The predicted octanol–water partition coefficient (Wildman–Crippen LogP) is 2.32. The van der Waals surface area contributed by atoms with Crippen LogP contribution in [-0.2, 0) is 6.42 Å². The van der Waals surface area contributed by atoms with Crippen molar-refractivity contribution in [2.45, 2.75) is 57.2 Å². The number of hydrogen-bond acceptors (Lipinski definition) is 5. The fourth-order valence-corrected chi connectivity index (χ4v) is 3.04. The quantitative estimate of drug-likeness (QED) is 0.773. The van der Waals surface area contributed by atoms with E-state index >= 15 is 0 Å². The van der Waals surface area contributed by atoms with Crippen LogP contribution in [0.4, 0.5) is 4.79 Å². The Morgan fingerprint density at radius 2 is 2.08 bits per heavy atom. The second-order valence-electron chi connectivity index (χ2n) is 6.51. The molecule has 1 aromatic heterocycles. The van der Waals surface area contributed by atoms with E-state index < -0.39 is 6.10 Å². The lowest BCUT2D eigenvalue weighted by Crippen LogP contribution is -2.49. The normalized spacial score (nSPS) is 21.5. The van der Waals surface area contributed by atoms with E-state index in [4.69, 9.17) is 4.52 Å². The summed E-state index contributed by atoms with van der Waals surface area (Å²) < 4.78 is 5.27. The smallest absolute Gasteiger partial charge is 0.315 e. The van der Waals surface area contributed by atoms with E-state index in [1.54, 1.807) is 6.92 Å². The molecule has 0 aliphatic heterocycles. The summed E-state index contributed by atoms with van der Waals surface area (Å²) in [6.07, 6.45) is 3.63. The molecule has 1 aromatic carbocycles. The zero-order valence-electron chi connectivity index (χ0n) is 14.3. The number of aliphatic hydroxyl groups excluding tert-OH is 1. The predicted molar refractivity (Wildman–Crippen MR) is 91.9 cm³/mol. The van der Waals surface area contributed by atoms with Crippen LogP contribution in [0, 0.1) is 0 Å². The van der Waals surface area contributed by atoms with Crippen molar-refractivity contribution in [1.82, 2.24) is 20.8 Å². The van der Waals surface area contributed by atoms with Crippen LogP contribution in [0.15, 0.2) is 34.9 Å². The van der Waals surface area contributed by atoms with Gasteiger partial charge in [-0.15, -0.1) is 0 Å². The summed E-state index contributed by atoms with van der Waals surface area (Å²) in [5.41, 5.74) is 1.09. The third-order valence-electron chi connectivity index (χ3n) is 4.46. The second-order valence-corrected chi connectivity index (χ2v) is 6.51. The van der Waals surface area contributed by atoms with Crippen molar-refractivity contribution in [3.63, 3.8) is 0 Å². The van der Waals surface area contributed by atoms with E-state index in [1.807, 2.05) is 30.3 Å². The van der Waals surface area contributed by atoms with Crippen molar-refractivity contribution in [3.8, 4) is 0 Å². The zero-order valence-corrected chi connectivity index (χ0v) is 14.3. The molecule has 1 fully saturated rings. The van der Waals surface area contributed by atoms with Gasteiger partial charge in [-0.1, -0.05) is 48.3 Å². The maximum absolute atomic E-state index is 12.1. The zero-order chi connectivity index (χ0) is 17.6. The van der Waals surface area contributed by atoms with Crippen molar-refractivity contribution in [3.05, 3.63) is 47.6 Å². The summed E-state index contributed by atoms with van der Waals surface area (Å²) in [5.74, 6) is 0.947. The van der Waals surface area contributed by atoms with Gasteiger partial charge in [0.1, 0.15) is 0 Å². The molecule has 7 heteroatoms. The Kier molecular flexibility index (Phi) is 5.65. The van der Waals surface area contributed by atoms with Crippen molar-refractivity contribution < 1.29 is 14.4 Å². The van der Waals surface area contributed by atoms with Gasteiger partial charge in [-0.05, 0) is 25.3 Å². The summed E-state index contributed by atoms with van der Waals surface area (Å²) in [6.45, 7) is 1.80. The first-order valence-corrected chi connectivity index (χ1v) is 8.73. The number of nitrogens with one attached hydrogen (secondary N) is 2. The highest BCUT2D eigenvalue weighted by Gasteiger charge is 2.25. The molecule has 0 radical (unpaired) electrons.